The molecule has 1 saturated heterocycles. The van der Waals surface area contributed by atoms with Crippen molar-refractivity contribution in [3.05, 3.63) is 18.2 Å². The lowest BCUT2D eigenvalue weighted by Gasteiger charge is -2.22. The molecule has 0 unspecified atom stereocenters. The van der Waals surface area contributed by atoms with E-state index in [2.05, 4.69) is 4.72 Å². The summed E-state index contributed by atoms with van der Waals surface area (Å²) in [6.45, 7) is 0. The first-order chi connectivity index (χ1) is 9.70. The molecule has 21 heavy (non-hydrogen) atoms. The maximum Gasteiger partial charge on any atom is 0.242 e. The van der Waals surface area contributed by atoms with Crippen LogP contribution in [0.25, 0.3) is 0 Å². The van der Waals surface area contributed by atoms with Gasteiger partial charge in [0.25, 0.3) is 0 Å². The zero-order valence-corrected chi connectivity index (χ0v) is 14.0. The second kappa shape index (κ2) is 6.15. The van der Waals surface area contributed by atoms with E-state index in [1.54, 1.807) is 11.8 Å². The molecule has 1 aliphatic rings. The SMILES string of the molecule is CS(=O)(=O)c1ccc(N)c(S(=O)(=O)NC2CCSCC2)c1. The molecular formula is C12H18N2O4S3. The van der Waals surface area contributed by atoms with Crippen molar-refractivity contribution in [2.24, 2.45) is 0 Å². The van der Waals surface area contributed by atoms with Crippen molar-refractivity contribution >= 4 is 37.3 Å². The predicted molar refractivity (Wildman–Crippen MR) is 84.6 cm³/mol. The highest BCUT2D eigenvalue weighted by atomic mass is 32.2. The summed E-state index contributed by atoms with van der Waals surface area (Å²) < 4.78 is 50.5. The smallest absolute Gasteiger partial charge is 0.242 e. The second-order valence-corrected chi connectivity index (χ2v) is 9.90. The van der Waals surface area contributed by atoms with Crippen LogP contribution < -0.4 is 10.5 Å². The van der Waals surface area contributed by atoms with Crippen molar-refractivity contribution in [1.29, 1.82) is 0 Å². The predicted octanol–water partition coefficient (Wildman–Crippen LogP) is 0.846. The lowest BCUT2D eigenvalue weighted by atomic mass is 10.2. The number of thioether (sulfide) groups is 1. The lowest BCUT2D eigenvalue weighted by molar-refractivity contribution is 0.529. The third-order valence-electron chi connectivity index (χ3n) is 3.25. The van der Waals surface area contributed by atoms with Crippen LogP contribution in [0.4, 0.5) is 5.69 Å². The molecule has 0 spiro atoms. The molecule has 0 amide bonds. The van der Waals surface area contributed by atoms with Crippen LogP contribution in [0.2, 0.25) is 0 Å². The largest absolute Gasteiger partial charge is 0.398 e. The number of sulfone groups is 1. The van der Waals surface area contributed by atoms with E-state index in [0.717, 1.165) is 36.7 Å². The molecule has 0 saturated carbocycles. The monoisotopic (exact) mass is 350 g/mol. The summed E-state index contributed by atoms with van der Waals surface area (Å²) >= 11 is 1.79. The van der Waals surface area contributed by atoms with Gasteiger partial charge in [0.05, 0.1) is 10.6 Å². The number of rotatable bonds is 4. The Balaban J connectivity index is 2.34. The minimum atomic E-state index is -3.82. The van der Waals surface area contributed by atoms with Gasteiger partial charge in [0.1, 0.15) is 4.90 Å². The van der Waals surface area contributed by atoms with Gasteiger partial charge in [-0.2, -0.15) is 11.8 Å². The highest BCUT2D eigenvalue weighted by Crippen LogP contribution is 2.24. The molecule has 9 heteroatoms. The van der Waals surface area contributed by atoms with Crippen molar-refractivity contribution in [1.82, 2.24) is 4.72 Å². The average molecular weight is 350 g/mol. The third kappa shape index (κ3) is 4.12. The van der Waals surface area contributed by atoms with Crippen LogP contribution in [0.1, 0.15) is 12.8 Å². The van der Waals surface area contributed by atoms with Crippen molar-refractivity contribution in [3.63, 3.8) is 0 Å². The minimum absolute atomic E-state index is 0.0417. The molecule has 1 aromatic carbocycles. The van der Waals surface area contributed by atoms with E-state index in [-0.39, 0.29) is 21.5 Å². The van der Waals surface area contributed by atoms with Gasteiger partial charge in [0, 0.05) is 12.3 Å². The van der Waals surface area contributed by atoms with Crippen LogP contribution in [0.15, 0.2) is 28.0 Å². The topological polar surface area (TPSA) is 106 Å². The molecule has 6 nitrogen and oxygen atoms in total. The van der Waals surface area contributed by atoms with Gasteiger partial charge >= 0.3 is 0 Å². The molecule has 0 radical (unpaired) electrons. The molecule has 0 aromatic heterocycles. The Morgan fingerprint density at radius 3 is 2.38 bits per heavy atom. The summed E-state index contributed by atoms with van der Waals surface area (Å²) in [7, 11) is -7.31. The Hall–Kier alpha value is -0.770. The van der Waals surface area contributed by atoms with E-state index in [1.165, 1.54) is 12.1 Å². The molecule has 1 fully saturated rings. The maximum atomic E-state index is 12.4. The fraction of sp³-hybridized carbons (Fsp3) is 0.500. The molecule has 0 atom stereocenters. The van der Waals surface area contributed by atoms with Crippen LogP contribution in [0, 0.1) is 0 Å². The normalized spacial score (nSPS) is 17.8. The van der Waals surface area contributed by atoms with Gasteiger partial charge in [-0.05, 0) is 42.5 Å². The zero-order valence-electron chi connectivity index (χ0n) is 11.6. The van der Waals surface area contributed by atoms with Crippen LogP contribution in [-0.2, 0) is 19.9 Å². The molecule has 118 valence electrons. The lowest BCUT2D eigenvalue weighted by Crippen LogP contribution is -2.37. The van der Waals surface area contributed by atoms with E-state index in [9.17, 15) is 16.8 Å². The molecular weight excluding hydrogens is 332 g/mol. The standard InChI is InChI=1S/C12H18N2O4S3/c1-20(15,16)10-2-3-11(13)12(8-10)21(17,18)14-9-4-6-19-7-5-9/h2-3,8-9,14H,4-7,13H2,1H3. The van der Waals surface area contributed by atoms with Crippen LogP contribution in [0.5, 0.6) is 0 Å². The van der Waals surface area contributed by atoms with Gasteiger partial charge in [0.15, 0.2) is 9.84 Å². The molecule has 1 aromatic rings. The van der Waals surface area contributed by atoms with Crippen molar-refractivity contribution in [2.75, 3.05) is 23.5 Å². The van der Waals surface area contributed by atoms with Crippen molar-refractivity contribution < 1.29 is 16.8 Å². The van der Waals surface area contributed by atoms with Gasteiger partial charge in [-0.1, -0.05) is 0 Å². The summed E-state index contributed by atoms with van der Waals surface area (Å²) in [5.41, 5.74) is 5.75. The molecule has 0 bridgehead atoms. The summed E-state index contributed by atoms with van der Waals surface area (Å²) in [5, 5.41) is 0. The summed E-state index contributed by atoms with van der Waals surface area (Å²) in [6, 6.07) is 3.60. The molecule has 0 aliphatic carbocycles. The third-order valence-corrected chi connectivity index (χ3v) is 6.98. The highest BCUT2D eigenvalue weighted by Gasteiger charge is 2.25. The Labute approximate surface area is 129 Å². The van der Waals surface area contributed by atoms with Crippen LogP contribution in [-0.4, -0.2) is 40.6 Å². The quantitative estimate of drug-likeness (QED) is 0.780. The van der Waals surface area contributed by atoms with E-state index < -0.39 is 19.9 Å². The minimum Gasteiger partial charge on any atom is -0.398 e. The summed E-state index contributed by atoms with van der Waals surface area (Å²) in [5.74, 6) is 1.82. The van der Waals surface area contributed by atoms with Gasteiger partial charge in [-0.25, -0.2) is 21.6 Å². The van der Waals surface area contributed by atoms with E-state index in [4.69, 9.17) is 5.73 Å². The first-order valence-electron chi connectivity index (χ1n) is 6.40. The molecule has 1 heterocycles. The Morgan fingerprint density at radius 1 is 1.19 bits per heavy atom. The van der Waals surface area contributed by atoms with Gasteiger partial charge in [-0.15, -0.1) is 0 Å². The summed E-state index contributed by atoms with van der Waals surface area (Å²) in [4.78, 5) is -0.236. The number of nitrogens with two attached hydrogens (primary N) is 1. The number of anilines is 1. The van der Waals surface area contributed by atoms with Crippen molar-refractivity contribution in [2.45, 2.75) is 28.7 Å². The number of nitrogens with one attached hydrogen (secondary N) is 1. The van der Waals surface area contributed by atoms with E-state index in [1.807, 2.05) is 0 Å². The molecule has 2 rings (SSSR count). The van der Waals surface area contributed by atoms with Gasteiger partial charge in [0.2, 0.25) is 10.0 Å². The first-order valence-corrected chi connectivity index (χ1v) is 10.9. The van der Waals surface area contributed by atoms with Gasteiger partial charge in [-0.3, -0.25) is 0 Å². The number of hydrogen-bond donors (Lipinski definition) is 2. The Kier molecular flexibility index (Phi) is 4.86. The number of benzene rings is 1. The Morgan fingerprint density at radius 2 is 1.81 bits per heavy atom. The fourth-order valence-electron chi connectivity index (χ4n) is 2.08. The number of nitrogen functional groups attached to an aromatic ring is 1. The number of hydrogen-bond acceptors (Lipinski definition) is 6. The Bertz CT molecular complexity index is 723. The average Bonchev–Trinajstić information content (AvgIpc) is 2.38. The maximum absolute atomic E-state index is 12.4. The van der Waals surface area contributed by atoms with Gasteiger partial charge < -0.3 is 5.73 Å². The number of sulfonamides is 1. The fourth-order valence-corrected chi connectivity index (χ4v) is 5.37. The highest BCUT2D eigenvalue weighted by molar-refractivity contribution is 7.99. The van der Waals surface area contributed by atoms with Crippen molar-refractivity contribution in [3.8, 4) is 0 Å². The molecule has 3 N–H and O–H groups in total. The van der Waals surface area contributed by atoms with E-state index >= 15 is 0 Å². The summed E-state index contributed by atoms with van der Waals surface area (Å²) in [6.07, 6.45) is 2.55. The van der Waals surface area contributed by atoms with E-state index in [0.29, 0.717) is 0 Å². The zero-order chi connectivity index (χ0) is 15.7. The van der Waals surface area contributed by atoms with Crippen LogP contribution in [0.3, 0.4) is 0 Å². The second-order valence-electron chi connectivity index (χ2n) is 4.98. The molecule has 1 aliphatic heterocycles. The van der Waals surface area contributed by atoms with Crippen LogP contribution >= 0.6 is 11.8 Å². The first kappa shape index (κ1) is 16.6.